The van der Waals surface area contributed by atoms with E-state index in [1.54, 1.807) is 0 Å². The molecule has 2 unspecified atom stereocenters. The van der Waals surface area contributed by atoms with Crippen molar-refractivity contribution in [1.82, 2.24) is 9.80 Å². The molecule has 0 saturated carbocycles. The van der Waals surface area contributed by atoms with Crippen molar-refractivity contribution in [2.45, 2.75) is 32.9 Å². The highest BCUT2D eigenvalue weighted by Gasteiger charge is 2.25. The monoisotopic (exact) mass is 283 g/mol. The molecule has 0 radical (unpaired) electrons. The molecule has 1 heterocycles. The van der Waals surface area contributed by atoms with Crippen LogP contribution in [-0.2, 0) is 0 Å². The Morgan fingerprint density at radius 2 is 1.89 bits per heavy atom. The lowest BCUT2D eigenvalue weighted by Gasteiger charge is -2.35. The van der Waals surface area contributed by atoms with Gasteiger partial charge < -0.3 is 10.6 Å². The van der Waals surface area contributed by atoms with E-state index in [4.69, 9.17) is 5.73 Å². The van der Waals surface area contributed by atoms with E-state index in [-0.39, 0.29) is 6.04 Å². The Morgan fingerprint density at radius 1 is 1.21 bits per heavy atom. The topological polar surface area (TPSA) is 32.5 Å². The third-order valence-electron chi connectivity index (χ3n) is 3.16. The molecule has 0 aliphatic heterocycles. The van der Waals surface area contributed by atoms with Crippen LogP contribution in [0.1, 0.15) is 31.7 Å². The summed E-state index contributed by atoms with van der Waals surface area (Å²) in [5.41, 5.74) is 6.26. The molecular formula is C15H29N3S. The molecule has 1 aromatic rings. The number of likely N-dealkylation sites (N-methyl/N-ethyl adjacent to an activating group) is 1. The van der Waals surface area contributed by atoms with Crippen LogP contribution in [0.15, 0.2) is 17.5 Å². The minimum absolute atomic E-state index is 0.152. The maximum Gasteiger partial charge on any atom is 0.0591 e. The standard InChI is InChI=1S/C15H29N3S/c1-12(2)11-18(9-8-17(4)5)15(13(3)16)14-7-6-10-19-14/h6-7,10,12-13,15H,8-9,11,16H2,1-5H3. The number of hydrogen-bond acceptors (Lipinski definition) is 4. The number of nitrogens with zero attached hydrogens (tertiary/aromatic N) is 2. The first-order valence-corrected chi connectivity index (χ1v) is 7.97. The molecule has 3 nitrogen and oxygen atoms in total. The van der Waals surface area contributed by atoms with Gasteiger partial charge in [0.15, 0.2) is 0 Å². The Kier molecular flexibility index (Phi) is 7.00. The fraction of sp³-hybridized carbons (Fsp3) is 0.733. The van der Waals surface area contributed by atoms with Gasteiger partial charge in [-0.25, -0.2) is 0 Å². The van der Waals surface area contributed by atoms with Gasteiger partial charge in [0.25, 0.3) is 0 Å². The summed E-state index contributed by atoms with van der Waals surface area (Å²) in [5.74, 6) is 0.656. The van der Waals surface area contributed by atoms with Gasteiger partial charge in [-0.05, 0) is 38.4 Å². The Hall–Kier alpha value is -0.420. The summed E-state index contributed by atoms with van der Waals surface area (Å²) in [6.45, 7) is 9.90. The van der Waals surface area contributed by atoms with Gasteiger partial charge in [-0.15, -0.1) is 11.3 Å². The van der Waals surface area contributed by atoms with Crippen LogP contribution in [0.25, 0.3) is 0 Å². The van der Waals surface area contributed by atoms with E-state index >= 15 is 0 Å². The van der Waals surface area contributed by atoms with E-state index in [1.165, 1.54) is 4.88 Å². The van der Waals surface area contributed by atoms with Crippen LogP contribution < -0.4 is 5.73 Å². The maximum atomic E-state index is 6.26. The van der Waals surface area contributed by atoms with Crippen molar-refractivity contribution < 1.29 is 0 Å². The van der Waals surface area contributed by atoms with Crippen LogP contribution in [0.2, 0.25) is 0 Å². The Labute approximate surface area is 122 Å². The summed E-state index contributed by atoms with van der Waals surface area (Å²) in [5, 5.41) is 2.14. The fourth-order valence-electron chi connectivity index (χ4n) is 2.37. The molecule has 0 aliphatic carbocycles. The van der Waals surface area contributed by atoms with Crippen molar-refractivity contribution in [2.24, 2.45) is 11.7 Å². The SMILES string of the molecule is CC(C)CN(CCN(C)C)C(c1cccs1)C(C)N. The van der Waals surface area contributed by atoms with E-state index in [0.717, 1.165) is 19.6 Å². The second-order valence-corrected chi connectivity index (χ2v) is 6.99. The van der Waals surface area contributed by atoms with Crippen molar-refractivity contribution >= 4 is 11.3 Å². The molecule has 0 amide bonds. The molecular weight excluding hydrogens is 254 g/mol. The minimum Gasteiger partial charge on any atom is -0.326 e. The van der Waals surface area contributed by atoms with Gasteiger partial charge in [0.1, 0.15) is 0 Å². The molecule has 0 aliphatic rings. The van der Waals surface area contributed by atoms with Gasteiger partial charge in [-0.1, -0.05) is 19.9 Å². The summed E-state index contributed by atoms with van der Waals surface area (Å²) in [6, 6.07) is 4.82. The molecule has 19 heavy (non-hydrogen) atoms. The average Bonchev–Trinajstić information content (AvgIpc) is 2.78. The number of thiophene rings is 1. The Bertz CT molecular complexity index is 333. The van der Waals surface area contributed by atoms with Gasteiger partial charge >= 0.3 is 0 Å². The van der Waals surface area contributed by atoms with Gasteiger partial charge in [0.2, 0.25) is 0 Å². The van der Waals surface area contributed by atoms with E-state index in [9.17, 15) is 0 Å². The molecule has 0 fully saturated rings. The normalized spacial score (nSPS) is 15.4. The predicted octanol–water partition coefficient (Wildman–Crippen LogP) is 2.66. The van der Waals surface area contributed by atoms with E-state index in [0.29, 0.717) is 12.0 Å². The predicted molar refractivity (Wildman–Crippen MR) is 85.7 cm³/mol. The molecule has 0 saturated heterocycles. The number of nitrogens with two attached hydrogens (primary N) is 1. The quantitative estimate of drug-likeness (QED) is 0.796. The maximum absolute atomic E-state index is 6.26. The van der Waals surface area contributed by atoms with E-state index in [2.05, 4.69) is 62.2 Å². The molecule has 0 aromatic carbocycles. The highest BCUT2D eigenvalue weighted by Crippen LogP contribution is 2.28. The van der Waals surface area contributed by atoms with E-state index in [1.807, 2.05) is 11.3 Å². The smallest absolute Gasteiger partial charge is 0.0591 e. The van der Waals surface area contributed by atoms with Crippen LogP contribution in [0.4, 0.5) is 0 Å². The lowest BCUT2D eigenvalue weighted by Crippen LogP contribution is -2.43. The first-order valence-electron chi connectivity index (χ1n) is 7.09. The van der Waals surface area contributed by atoms with Crippen LogP contribution >= 0.6 is 11.3 Å². The average molecular weight is 283 g/mol. The molecule has 1 aromatic heterocycles. The summed E-state index contributed by atoms with van der Waals surface area (Å²) >= 11 is 1.81. The van der Waals surface area contributed by atoms with Crippen LogP contribution in [-0.4, -0.2) is 49.6 Å². The lowest BCUT2D eigenvalue weighted by atomic mass is 10.0. The summed E-state index contributed by atoms with van der Waals surface area (Å²) in [4.78, 5) is 6.16. The highest BCUT2D eigenvalue weighted by atomic mass is 32.1. The summed E-state index contributed by atoms with van der Waals surface area (Å²) in [7, 11) is 4.25. The molecule has 0 spiro atoms. The zero-order valence-corrected chi connectivity index (χ0v) is 13.8. The zero-order valence-electron chi connectivity index (χ0n) is 13.0. The summed E-state index contributed by atoms with van der Waals surface area (Å²) < 4.78 is 0. The molecule has 1 rings (SSSR count). The zero-order chi connectivity index (χ0) is 14.4. The van der Waals surface area contributed by atoms with Crippen LogP contribution in [0.3, 0.4) is 0 Å². The molecule has 0 bridgehead atoms. The van der Waals surface area contributed by atoms with Crippen LogP contribution in [0, 0.1) is 5.92 Å². The van der Waals surface area contributed by atoms with Gasteiger partial charge in [0.05, 0.1) is 6.04 Å². The first kappa shape index (κ1) is 16.6. The van der Waals surface area contributed by atoms with Gasteiger partial charge in [0, 0.05) is 30.6 Å². The lowest BCUT2D eigenvalue weighted by molar-refractivity contribution is 0.146. The highest BCUT2D eigenvalue weighted by molar-refractivity contribution is 7.10. The molecule has 4 heteroatoms. The largest absolute Gasteiger partial charge is 0.326 e. The molecule has 110 valence electrons. The van der Waals surface area contributed by atoms with Crippen LogP contribution in [0.5, 0.6) is 0 Å². The summed E-state index contributed by atoms with van der Waals surface area (Å²) in [6.07, 6.45) is 0. The van der Waals surface area contributed by atoms with Crippen molar-refractivity contribution in [3.63, 3.8) is 0 Å². The Morgan fingerprint density at radius 3 is 2.32 bits per heavy atom. The Balaban J connectivity index is 2.84. The third kappa shape index (κ3) is 5.61. The van der Waals surface area contributed by atoms with Crippen molar-refractivity contribution in [2.75, 3.05) is 33.7 Å². The second-order valence-electron chi connectivity index (χ2n) is 6.01. The first-order chi connectivity index (χ1) is 8.91. The number of hydrogen-bond donors (Lipinski definition) is 1. The van der Waals surface area contributed by atoms with Crippen molar-refractivity contribution in [3.05, 3.63) is 22.4 Å². The fourth-order valence-corrected chi connectivity index (χ4v) is 3.35. The number of rotatable bonds is 8. The second kappa shape index (κ2) is 8.00. The third-order valence-corrected chi connectivity index (χ3v) is 4.10. The minimum atomic E-state index is 0.152. The molecule has 2 N–H and O–H groups in total. The van der Waals surface area contributed by atoms with Gasteiger partial charge in [-0.2, -0.15) is 0 Å². The van der Waals surface area contributed by atoms with E-state index < -0.39 is 0 Å². The van der Waals surface area contributed by atoms with Crippen molar-refractivity contribution in [1.29, 1.82) is 0 Å². The van der Waals surface area contributed by atoms with Gasteiger partial charge in [-0.3, -0.25) is 4.90 Å². The molecule has 2 atom stereocenters. The van der Waals surface area contributed by atoms with Crippen molar-refractivity contribution in [3.8, 4) is 0 Å².